The van der Waals surface area contributed by atoms with Gasteiger partial charge in [0.15, 0.2) is 0 Å². The van der Waals surface area contributed by atoms with Crippen LogP contribution in [0.2, 0.25) is 0 Å². The number of carbonyl (C=O) groups excluding carboxylic acids is 3. The Bertz CT molecular complexity index is 960. The largest absolute Gasteiger partial charge is 0.481 e. The summed E-state index contributed by atoms with van der Waals surface area (Å²) < 4.78 is 5.03. The minimum Gasteiger partial charge on any atom is -0.481 e. The molecule has 1 aromatic rings. The fourth-order valence-corrected chi connectivity index (χ4v) is 7.47. The molecule has 164 valence electrons. The van der Waals surface area contributed by atoms with E-state index in [1.54, 1.807) is 37.3 Å². The van der Waals surface area contributed by atoms with Crippen LogP contribution in [0.5, 0.6) is 0 Å². The van der Waals surface area contributed by atoms with Gasteiger partial charge in [-0.15, -0.1) is 0 Å². The van der Waals surface area contributed by atoms with Crippen molar-refractivity contribution in [2.45, 2.75) is 20.3 Å². The lowest BCUT2D eigenvalue weighted by Crippen LogP contribution is -2.45. The number of carboxylic acids is 1. The molecule has 4 bridgehead atoms. The Kier molecular flexibility index (Phi) is 4.50. The normalized spacial score (nSPS) is 39.5. The fraction of sp³-hybridized carbons (Fsp3) is 0.583. The summed E-state index contributed by atoms with van der Waals surface area (Å²) in [6.45, 7) is 3.78. The Morgan fingerprint density at radius 1 is 1.03 bits per heavy atom. The van der Waals surface area contributed by atoms with Crippen molar-refractivity contribution in [2.75, 3.05) is 12.0 Å². The van der Waals surface area contributed by atoms with Gasteiger partial charge in [0.2, 0.25) is 11.8 Å². The zero-order valence-electron chi connectivity index (χ0n) is 17.8. The van der Waals surface area contributed by atoms with Crippen LogP contribution in [0.15, 0.2) is 30.3 Å². The number of nitrogens with zero attached hydrogens (tertiary/aromatic N) is 1. The molecule has 0 aromatic heterocycles. The molecule has 1 saturated heterocycles. The molecule has 7 heteroatoms. The molecule has 0 radical (unpaired) electrons. The minimum atomic E-state index is -1.18. The van der Waals surface area contributed by atoms with Gasteiger partial charge in [0.25, 0.3) is 0 Å². The van der Waals surface area contributed by atoms with Crippen molar-refractivity contribution in [3.8, 4) is 0 Å². The van der Waals surface area contributed by atoms with E-state index >= 15 is 0 Å². The van der Waals surface area contributed by atoms with Crippen molar-refractivity contribution in [1.82, 2.24) is 0 Å². The number of methoxy groups -OCH3 is 1. The minimum absolute atomic E-state index is 0.146. The van der Waals surface area contributed by atoms with Gasteiger partial charge in [-0.05, 0) is 54.1 Å². The molecule has 1 heterocycles. The highest BCUT2D eigenvalue weighted by molar-refractivity contribution is 6.22. The van der Waals surface area contributed by atoms with Gasteiger partial charge in [0.05, 0.1) is 30.6 Å². The van der Waals surface area contributed by atoms with Crippen molar-refractivity contribution < 1.29 is 29.0 Å². The molecular formula is C24H27NO6. The quantitative estimate of drug-likeness (QED) is 0.555. The van der Waals surface area contributed by atoms with Gasteiger partial charge in [0.1, 0.15) is 0 Å². The van der Waals surface area contributed by atoms with Gasteiger partial charge in [-0.3, -0.25) is 24.1 Å². The van der Waals surface area contributed by atoms with Crippen LogP contribution >= 0.6 is 0 Å². The third kappa shape index (κ3) is 2.64. The molecular weight excluding hydrogens is 398 g/mol. The Labute approximate surface area is 180 Å². The second kappa shape index (κ2) is 6.90. The zero-order valence-corrected chi connectivity index (χ0v) is 17.8. The Morgan fingerprint density at radius 2 is 1.71 bits per heavy atom. The van der Waals surface area contributed by atoms with Crippen LogP contribution in [0.4, 0.5) is 5.69 Å². The molecule has 10 atom stereocenters. The Morgan fingerprint density at radius 3 is 2.19 bits per heavy atom. The van der Waals surface area contributed by atoms with Crippen molar-refractivity contribution in [3.63, 3.8) is 0 Å². The molecule has 6 rings (SSSR count). The van der Waals surface area contributed by atoms with Crippen LogP contribution in [-0.4, -0.2) is 36.0 Å². The Balaban J connectivity index is 1.54. The van der Waals surface area contributed by atoms with Crippen LogP contribution in [0.25, 0.3) is 0 Å². The average Bonchev–Trinajstić information content (AvgIpc) is 2.92. The number of benzene rings is 1. The van der Waals surface area contributed by atoms with E-state index in [-0.39, 0.29) is 11.8 Å². The number of anilines is 1. The van der Waals surface area contributed by atoms with E-state index in [4.69, 9.17) is 4.74 Å². The van der Waals surface area contributed by atoms with Gasteiger partial charge in [-0.1, -0.05) is 32.0 Å². The highest BCUT2D eigenvalue weighted by Crippen LogP contribution is 2.77. The maximum atomic E-state index is 13.5. The van der Waals surface area contributed by atoms with E-state index in [0.717, 1.165) is 11.3 Å². The zero-order chi connectivity index (χ0) is 22.2. The maximum absolute atomic E-state index is 13.5. The molecule has 4 saturated carbocycles. The lowest BCUT2D eigenvalue weighted by molar-refractivity contribution is -0.163. The van der Waals surface area contributed by atoms with Crippen molar-refractivity contribution >= 4 is 29.4 Å². The van der Waals surface area contributed by atoms with E-state index < -0.39 is 47.4 Å². The molecule has 5 aliphatic rings. The Hall–Kier alpha value is -2.70. The van der Waals surface area contributed by atoms with Crippen molar-refractivity contribution in [1.29, 1.82) is 0 Å². The summed E-state index contributed by atoms with van der Waals surface area (Å²) in [5.41, 5.74) is 0.432. The van der Waals surface area contributed by atoms with E-state index in [9.17, 15) is 24.3 Å². The standard InChI is InChI=1S/C24H27NO6/c1-10-13-9-14-15(10)18(14)17(13)19(23(28)29)20(24(30)31-3)16-11(2)21(26)25(22(16)27)12-7-5-4-6-8-12/h4-8,10-11,13-20H,9H2,1-3H3,(H,28,29). The molecule has 31 heavy (non-hydrogen) atoms. The van der Waals surface area contributed by atoms with Crippen LogP contribution in [0.3, 0.4) is 0 Å². The smallest absolute Gasteiger partial charge is 0.310 e. The summed E-state index contributed by atoms with van der Waals surface area (Å²) in [6, 6.07) is 8.56. The fourth-order valence-electron chi connectivity index (χ4n) is 7.47. The predicted molar refractivity (Wildman–Crippen MR) is 109 cm³/mol. The third-order valence-electron chi connectivity index (χ3n) is 8.67. The maximum Gasteiger partial charge on any atom is 0.310 e. The van der Waals surface area contributed by atoms with E-state index in [2.05, 4.69) is 6.92 Å². The van der Waals surface area contributed by atoms with Crippen LogP contribution in [0, 0.1) is 59.2 Å². The van der Waals surface area contributed by atoms with Crippen LogP contribution < -0.4 is 4.90 Å². The molecule has 1 aliphatic heterocycles. The topological polar surface area (TPSA) is 101 Å². The molecule has 10 unspecified atom stereocenters. The number of esters is 1. The second-order valence-electron chi connectivity index (χ2n) is 9.73. The molecule has 7 nitrogen and oxygen atoms in total. The first-order valence-electron chi connectivity index (χ1n) is 11.0. The van der Waals surface area contributed by atoms with Crippen LogP contribution in [-0.2, 0) is 23.9 Å². The molecule has 5 fully saturated rings. The number of amides is 2. The number of para-hydroxylation sites is 1. The number of hydrogen-bond donors (Lipinski definition) is 1. The second-order valence-corrected chi connectivity index (χ2v) is 9.73. The molecule has 0 spiro atoms. The van der Waals surface area contributed by atoms with E-state index in [1.807, 2.05) is 0 Å². The first kappa shape index (κ1) is 20.2. The molecule has 2 amide bonds. The molecule has 4 aliphatic carbocycles. The summed E-state index contributed by atoms with van der Waals surface area (Å²) in [6.07, 6.45) is 1.00. The van der Waals surface area contributed by atoms with Gasteiger partial charge < -0.3 is 9.84 Å². The third-order valence-corrected chi connectivity index (χ3v) is 8.67. The lowest BCUT2D eigenvalue weighted by Gasteiger charge is -2.33. The molecule has 1 aromatic carbocycles. The van der Waals surface area contributed by atoms with Crippen molar-refractivity contribution in [3.05, 3.63) is 30.3 Å². The highest BCUT2D eigenvalue weighted by atomic mass is 16.5. The van der Waals surface area contributed by atoms with E-state index in [1.165, 1.54) is 7.11 Å². The SMILES string of the molecule is COC(=O)C(C1C(=O)N(c2ccccc2)C(=O)C1C)C(C(=O)O)C1C2CC3C(C2C)C31. The van der Waals surface area contributed by atoms with Crippen LogP contribution in [0.1, 0.15) is 20.3 Å². The monoisotopic (exact) mass is 425 g/mol. The molecule has 1 N–H and O–H groups in total. The summed E-state index contributed by atoms with van der Waals surface area (Å²) >= 11 is 0. The van der Waals surface area contributed by atoms with E-state index in [0.29, 0.717) is 29.4 Å². The van der Waals surface area contributed by atoms with Crippen molar-refractivity contribution in [2.24, 2.45) is 59.2 Å². The summed E-state index contributed by atoms with van der Waals surface area (Å²) in [5.74, 6) is -4.83. The summed E-state index contributed by atoms with van der Waals surface area (Å²) in [7, 11) is 1.21. The van der Waals surface area contributed by atoms with Gasteiger partial charge in [-0.2, -0.15) is 0 Å². The first-order chi connectivity index (χ1) is 14.8. The van der Waals surface area contributed by atoms with Gasteiger partial charge in [0, 0.05) is 5.92 Å². The summed E-state index contributed by atoms with van der Waals surface area (Å²) in [4.78, 5) is 53.2. The van der Waals surface area contributed by atoms with Gasteiger partial charge in [-0.25, -0.2) is 0 Å². The number of ether oxygens (including phenoxy) is 1. The average molecular weight is 425 g/mol. The highest BCUT2D eigenvalue weighted by Gasteiger charge is 2.75. The number of carbonyl (C=O) groups is 4. The number of hydrogen-bond acceptors (Lipinski definition) is 5. The number of carboxylic acid groups (broad SMARTS) is 1. The number of imide groups is 1. The first-order valence-corrected chi connectivity index (χ1v) is 11.0. The summed E-state index contributed by atoms with van der Waals surface area (Å²) in [5, 5.41) is 10.3. The van der Waals surface area contributed by atoms with Gasteiger partial charge >= 0.3 is 11.9 Å². The number of rotatable bonds is 6. The lowest BCUT2D eigenvalue weighted by atomic mass is 9.68. The number of aliphatic carboxylic acids is 1. The predicted octanol–water partition coefficient (Wildman–Crippen LogP) is 2.45.